The van der Waals surface area contributed by atoms with Crippen molar-refractivity contribution < 1.29 is 14.4 Å². The number of urea groups is 2. The Kier molecular flexibility index (Phi) is 4.87. The standard InChI is InChI=1S/C26H26N6O3/c1-26-17-29(24(34)28-22-12-13-27-32(22)19-10-6-3-7-11-19)14-15-30(26)25(35)31(23(26)33)21-16-20(21)18-8-4-2-5-9-18/h2-13,20-21H,14-17H2,1H3,(H,28,34)/t20-,21+,26-/m1/s1. The molecule has 3 heterocycles. The lowest BCUT2D eigenvalue weighted by atomic mass is 9.97. The molecule has 0 bridgehead atoms. The van der Waals surface area contributed by atoms with E-state index in [9.17, 15) is 14.4 Å². The molecule has 1 aliphatic carbocycles. The van der Waals surface area contributed by atoms with E-state index in [0.29, 0.717) is 18.9 Å². The van der Waals surface area contributed by atoms with Gasteiger partial charge in [-0.2, -0.15) is 5.10 Å². The van der Waals surface area contributed by atoms with Gasteiger partial charge in [-0.25, -0.2) is 14.3 Å². The summed E-state index contributed by atoms with van der Waals surface area (Å²) in [6.45, 7) is 2.56. The second-order valence-corrected chi connectivity index (χ2v) is 9.52. The highest BCUT2D eigenvalue weighted by Gasteiger charge is 2.62. The fourth-order valence-corrected chi connectivity index (χ4v) is 5.32. The third-order valence-corrected chi connectivity index (χ3v) is 7.29. The molecule has 9 nitrogen and oxygen atoms in total. The molecule has 1 saturated carbocycles. The molecule has 3 fully saturated rings. The lowest BCUT2D eigenvalue weighted by Crippen LogP contribution is -2.62. The molecular weight excluding hydrogens is 444 g/mol. The molecule has 3 atom stereocenters. The SMILES string of the molecule is C[C@]12CN(C(=O)Nc3ccnn3-c3ccccc3)CCN1C(=O)N([C@H]1C[C@@H]1c1ccccc1)C2=O. The van der Waals surface area contributed by atoms with Crippen molar-refractivity contribution in [1.82, 2.24) is 24.5 Å². The number of carbonyl (C=O) groups excluding carboxylic acids is 3. The average molecular weight is 471 g/mol. The Morgan fingerprint density at radius 3 is 2.46 bits per heavy atom. The maximum Gasteiger partial charge on any atom is 0.328 e. The Morgan fingerprint density at radius 1 is 1.00 bits per heavy atom. The van der Waals surface area contributed by atoms with Crippen molar-refractivity contribution in [3.8, 4) is 5.69 Å². The Morgan fingerprint density at radius 2 is 1.71 bits per heavy atom. The molecule has 35 heavy (non-hydrogen) atoms. The van der Waals surface area contributed by atoms with Crippen LogP contribution in [0.3, 0.4) is 0 Å². The van der Waals surface area contributed by atoms with Crippen LogP contribution in [0, 0.1) is 0 Å². The normalized spacial score (nSPS) is 25.6. The Hall–Kier alpha value is -4.14. The number of imide groups is 1. The molecule has 1 N–H and O–H groups in total. The molecule has 1 aromatic heterocycles. The van der Waals surface area contributed by atoms with Gasteiger partial charge >= 0.3 is 12.1 Å². The fraction of sp³-hybridized carbons (Fsp3) is 0.308. The van der Waals surface area contributed by atoms with Crippen molar-refractivity contribution in [2.24, 2.45) is 0 Å². The van der Waals surface area contributed by atoms with Crippen LogP contribution in [-0.2, 0) is 4.79 Å². The molecule has 2 aromatic carbocycles. The molecule has 9 heteroatoms. The number of hydrogen-bond donors (Lipinski definition) is 1. The van der Waals surface area contributed by atoms with Crippen molar-refractivity contribution in [3.63, 3.8) is 0 Å². The minimum Gasteiger partial charge on any atom is -0.320 e. The van der Waals surface area contributed by atoms with E-state index in [2.05, 4.69) is 10.4 Å². The fourth-order valence-electron chi connectivity index (χ4n) is 5.32. The van der Waals surface area contributed by atoms with Gasteiger partial charge in [-0.3, -0.25) is 15.0 Å². The third-order valence-electron chi connectivity index (χ3n) is 7.29. The highest BCUT2D eigenvalue weighted by Crippen LogP contribution is 2.48. The average Bonchev–Trinajstić information content (AvgIpc) is 3.47. The number of benzene rings is 2. The maximum absolute atomic E-state index is 13.5. The zero-order valence-corrected chi connectivity index (χ0v) is 19.4. The van der Waals surface area contributed by atoms with Crippen LogP contribution in [-0.4, -0.2) is 73.7 Å². The molecule has 2 saturated heterocycles. The lowest BCUT2D eigenvalue weighted by Gasteiger charge is -2.42. The molecule has 0 spiro atoms. The number of nitrogens with zero attached hydrogens (tertiary/aromatic N) is 5. The Bertz CT molecular complexity index is 1290. The lowest BCUT2D eigenvalue weighted by molar-refractivity contribution is -0.134. The van der Waals surface area contributed by atoms with E-state index in [-0.39, 0.29) is 36.5 Å². The highest BCUT2D eigenvalue weighted by atomic mass is 16.2. The molecule has 0 radical (unpaired) electrons. The summed E-state index contributed by atoms with van der Waals surface area (Å²) < 4.78 is 1.65. The summed E-state index contributed by atoms with van der Waals surface area (Å²) in [6.07, 6.45) is 2.40. The minimum atomic E-state index is -1.07. The molecule has 0 unspecified atom stereocenters. The monoisotopic (exact) mass is 470 g/mol. The molecule has 2 aliphatic heterocycles. The van der Waals surface area contributed by atoms with Crippen molar-refractivity contribution in [3.05, 3.63) is 78.5 Å². The number of para-hydroxylation sites is 1. The van der Waals surface area contributed by atoms with E-state index in [1.54, 1.807) is 33.7 Å². The number of anilines is 1. The predicted molar refractivity (Wildman–Crippen MR) is 129 cm³/mol. The summed E-state index contributed by atoms with van der Waals surface area (Å²) in [5.41, 5.74) is 0.897. The van der Waals surface area contributed by atoms with Gasteiger partial charge in [-0.1, -0.05) is 48.5 Å². The quantitative estimate of drug-likeness (QED) is 0.593. The van der Waals surface area contributed by atoms with Crippen LogP contribution in [0.1, 0.15) is 24.8 Å². The summed E-state index contributed by atoms with van der Waals surface area (Å²) in [7, 11) is 0. The number of nitrogens with one attached hydrogen (secondary N) is 1. The summed E-state index contributed by atoms with van der Waals surface area (Å²) in [5.74, 6) is 0.484. The number of hydrogen-bond acceptors (Lipinski definition) is 4. The third kappa shape index (κ3) is 3.46. The number of piperazine rings is 1. The Labute approximate surface area is 202 Å². The van der Waals surface area contributed by atoms with E-state index >= 15 is 0 Å². The predicted octanol–water partition coefficient (Wildman–Crippen LogP) is 3.30. The summed E-state index contributed by atoms with van der Waals surface area (Å²) in [5, 5.41) is 7.23. The second-order valence-electron chi connectivity index (χ2n) is 9.52. The zero-order chi connectivity index (χ0) is 24.2. The first-order chi connectivity index (χ1) is 17.0. The number of fused-ring (bicyclic) bond motifs is 1. The summed E-state index contributed by atoms with van der Waals surface area (Å²) in [6, 6.07) is 20.5. The van der Waals surface area contributed by atoms with Crippen LogP contribution >= 0.6 is 0 Å². The van der Waals surface area contributed by atoms with Gasteiger partial charge in [-0.05, 0) is 31.0 Å². The van der Waals surface area contributed by atoms with E-state index in [1.165, 1.54) is 4.90 Å². The molecule has 3 aliphatic rings. The van der Waals surface area contributed by atoms with E-state index in [1.807, 2.05) is 60.7 Å². The minimum absolute atomic E-state index is 0.123. The largest absolute Gasteiger partial charge is 0.328 e. The smallest absolute Gasteiger partial charge is 0.320 e. The first kappa shape index (κ1) is 21.4. The highest BCUT2D eigenvalue weighted by molar-refractivity contribution is 6.08. The molecular formula is C26H26N6O3. The first-order valence-electron chi connectivity index (χ1n) is 11.8. The van der Waals surface area contributed by atoms with Crippen molar-refractivity contribution >= 4 is 23.8 Å². The van der Waals surface area contributed by atoms with Gasteiger partial charge in [0.05, 0.1) is 18.4 Å². The van der Waals surface area contributed by atoms with E-state index in [4.69, 9.17) is 0 Å². The van der Waals surface area contributed by atoms with E-state index in [0.717, 1.165) is 17.7 Å². The molecule has 178 valence electrons. The van der Waals surface area contributed by atoms with Crippen LogP contribution in [0.15, 0.2) is 72.9 Å². The van der Waals surface area contributed by atoms with Crippen LogP contribution in [0.4, 0.5) is 15.4 Å². The maximum atomic E-state index is 13.5. The summed E-state index contributed by atoms with van der Waals surface area (Å²) in [4.78, 5) is 44.6. The Balaban J connectivity index is 1.17. The van der Waals surface area contributed by atoms with Crippen molar-refractivity contribution in [1.29, 1.82) is 0 Å². The van der Waals surface area contributed by atoms with Crippen LogP contribution in [0.25, 0.3) is 5.69 Å². The molecule has 5 amide bonds. The first-order valence-corrected chi connectivity index (χ1v) is 11.8. The molecule has 6 rings (SSSR count). The number of amides is 5. The second kappa shape index (κ2) is 7.97. The van der Waals surface area contributed by atoms with Crippen molar-refractivity contribution in [2.75, 3.05) is 25.0 Å². The van der Waals surface area contributed by atoms with Crippen molar-refractivity contribution in [2.45, 2.75) is 30.8 Å². The van der Waals surface area contributed by atoms with E-state index < -0.39 is 5.54 Å². The van der Waals surface area contributed by atoms with Gasteiger partial charge in [0.2, 0.25) is 0 Å². The van der Waals surface area contributed by atoms with Gasteiger partial charge < -0.3 is 9.80 Å². The van der Waals surface area contributed by atoms with Gasteiger partial charge in [0.15, 0.2) is 0 Å². The van der Waals surface area contributed by atoms with Gasteiger partial charge in [-0.15, -0.1) is 0 Å². The number of carbonyl (C=O) groups is 3. The molecule has 3 aromatic rings. The van der Waals surface area contributed by atoms with Gasteiger partial charge in [0.1, 0.15) is 11.4 Å². The number of rotatable bonds is 4. The van der Waals surface area contributed by atoms with Crippen LogP contribution in [0.2, 0.25) is 0 Å². The van der Waals surface area contributed by atoms with Gasteiger partial charge in [0, 0.05) is 31.1 Å². The number of aromatic nitrogens is 2. The van der Waals surface area contributed by atoms with Crippen LogP contribution in [0.5, 0.6) is 0 Å². The topological polar surface area (TPSA) is 90.8 Å². The van der Waals surface area contributed by atoms with Crippen LogP contribution < -0.4 is 5.32 Å². The summed E-state index contributed by atoms with van der Waals surface area (Å²) >= 11 is 0. The van der Waals surface area contributed by atoms with Gasteiger partial charge in [0.25, 0.3) is 5.91 Å². The zero-order valence-electron chi connectivity index (χ0n) is 19.4.